The van der Waals surface area contributed by atoms with E-state index in [2.05, 4.69) is 23.3 Å². The molecule has 0 bridgehead atoms. The molecule has 0 radical (unpaired) electrons. The Labute approximate surface area is 87.3 Å². The van der Waals surface area contributed by atoms with Crippen molar-refractivity contribution in [1.29, 1.82) is 0 Å². The summed E-state index contributed by atoms with van der Waals surface area (Å²) in [5, 5.41) is 7.05. The normalized spacial score (nSPS) is 24.2. The molecule has 78 valence electrons. The number of thiol groups is 1. The van der Waals surface area contributed by atoms with Crippen molar-refractivity contribution in [2.45, 2.75) is 38.1 Å². The van der Waals surface area contributed by atoms with E-state index in [-0.39, 0.29) is 0 Å². The van der Waals surface area contributed by atoms with E-state index in [4.69, 9.17) is 0 Å². The maximum Gasteiger partial charge on any atom is 0.0192 e. The van der Waals surface area contributed by atoms with E-state index >= 15 is 0 Å². The average Bonchev–Trinajstić information content (AvgIpc) is 2.41. The standard InChI is InChI=1S/C10H22N2S/c13-8-4-6-11-9-10-5-2-1-3-7-12-10/h10-13H,1-9H2. The first-order valence-corrected chi connectivity index (χ1v) is 6.11. The van der Waals surface area contributed by atoms with Crippen molar-refractivity contribution in [1.82, 2.24) is 10.6 Å². The van der Waals surface area contributed by atoms with Gasteiger partial charge < -0.3 is 10.6 Å². The van der Waals surface area contributed by atoms with Gasteiger partial charge in [0.25, 0.3) is 0 Å². The van der Waals surface area contributed by atoms with Crippen LogP contribution in [0, 0.1) is 0 Å². The SMILES string of the molecule is SCCCNCC1CCCCCN1. The summed E-state index contributed by atoms with van der Waals surface area (Å²) in [5.74, 6) is 0.991. The number of nitrogens with one attached hydrogen (secondary N) is 2. The largest absolute Gasteiger partial charge is 0.315 e. The third-order valence-corrected chi connectivity index (χ3v) is 2.88. The fraction of sp³-hybridized carbons (Fsp3) is 1.00. The van der Waals surface area contributed by atoms with Crippen molar-refractivity contribution in [3.05, 3.63) is 0 Å². The molecule has 2 nitrogen and oxygen atoms in total. The minimum atomic E-state index is 0.711. The van der Waals surface area contributed by atoms with Crippen molar-refractivity contribution < 1.29 is 0 Å². The molecule has 1 fully saturated rings. The van der Waals surface area contributed by atoms with Crippen molar-refractivity contribution in [2.75, 3.05) is 25.4 Å². The Hall–Kier alpha value is 0.270. The highest BCUT2D eigenvalue weighted by atomic mass is 32.1. The molecule has 0 aromatic carbocycles. The van der Waals surface area contributed by atoms with Crippen LogP contribution in [0.4, 0.5) is 0 Å². The predicted octanol–water partition coefficient (Wildman–Crippen LogP) is 1.43. The molecule has 1 aliphatic heterocycles. The topological polar surface area (TPSA) is 24.1 Å². The highest BCUT2D eigenvalue weighted by Gasteiger charge is 2.09. The molecule has 13 heavy (non-hydrogen) atoms. The molecule has 0 aromatic heterocycles. The van der Waals surface area contributed by atoms with Crippen molar-refractivity contribution in [3.63, 3.8) is 0 Å². The smallest absolute Gasteiger partial charge is 0.0192 e. The first-order chi connectivity index (χ1) is 6.43. The van der Waals surface area contributed by atoms with Crippen molar-refractivity contribution in [2.24, 2.45) is 0 Å². The lowest BCUT2D eigenvalue weighted by Crippen LogP contribution is -2.38. The third-order valence-electron chi connectivity index (χ3n) is 2.56. The second-order valence-electron chi connectivity index (χ2n) is 3.78. The molecule has 3 heteroatoms. The van der Waals surface area contributed by atoms with Gasteiger partial charge in [0.2, 0.25) is 0 Å². The van der Waals surface area contributed by atoms with Crippen LogP contribution in [0.1, 0.15) is 32.1 Å². The summed E-state index contributed by atoms with van der Waals surface area (Å²) in [6.07, 6.45) is 6.67. The van der Waals surface area contributed by atoms with Crippen LogP contribution in [0.15, 0.2) is 0 Å². The first-order valence-electron chi connectivity index (χ1n) is 5.48. The minimum Gasteiger partial charge on any atom is -0.315 e. The maximum atomic E-state index is 4.18. The number of hydrogen-bond donors (Lipinski definition) is 3. The van der Waals surface area contributed by atoms with Gasteiger partial charge in [-0.3, -0.25) is 0 Å². The molecule has 1 saturated heterocycles. The van der Waals surface area contributed by atoms with Gasteiger partial charge in [0, 0.05) is 12.6 Å². The quantitative estimate of drug-likeness (QED) is 0.464. The summed E-state index contributed by atoms with van der Waals surface area (Å²) >= 11 is 4.18. The molecule has 1 heterocycles. The van der Waals surface area contributed by atoms with Crippen LogP contribution in [-0.2, 0) is 0 Å². The maximum absolute atomic E-state index is 4.18. The Morgan fingerprint density at radius 1 is 1.31 bits per heavy atom. The highest BCUT2D eigenvalue weighted by molar-refractivity contribution is 7.80. The predicted molar refractivity (Wildman–Crippen MR) is 61.6 cm³/mol. The molecule has 0 amide bonds. The zero-order valence-corrected chi connectivity index (χ0v) is 9.28. The monoisotopic (exact) mass is 202 g/mol. The Bertz CT molecular complexity index is 111. The van der Waals surface area contributed by atoms with E-state index in [0.29, 0.717) is 6.04 Å². The molecular formula is C10H22N2S. The Morgan fingerprint density at radius 3 is 3.08 bits per heavy atom. The molecule has 1 atom stereocenters. The molecule has 0 aromatic rings. The van der Waals surface area contributed by atoms with E-state index in [1.807, 2.05) is 0 Å². The highest BCUT2D eigenvalue weighted by Crippen LogP contribution is 2.07. The summed E-state index contributed by atoms with van der Waals surface area (Å²) in [5.41, 5.74) is 0. The van der Waals surface area contributed by atoms with Crippen molar-refractivity contribution in [3.8, 4) is 0 Å². The molecule has 0 aliphatic carbocycles. The zero-order chi connectivity index (χ0) is 9.36. The summed E-state index contributed by atoms with van der Waals surface area (Å²) in [7, 11) is 0. The van der Waals surface area contributed by atoms with Crippen LogP contribution < -0.4 is 10.6 Å². The van der Waals surface area contributed by atoms with Gasteiger partial charge in [-0.05, 0) is 38.1 Å². The third kappa shape index (κ3) is 5.55. The first kappa shape index (κ1) is 11.3. The molecule has 1 unspecified atom stereocenters. The molecular weight excluding hydrogens is 180 g/mol. The van der Waals surface area contributed by atoms with Gasteiger partial charge in [-0.1, -0.05) is 12.8 Å². The summed E-state index contributed by atoms with van der Waals surface area (Å²) < 4.78 is 0. The average molecular weight is 202 g/mol. The number of hydrogen-bond acceptors (Lipinski definition) is 3. The van der Waals surface area contributed by atoms with Crippen LogP contribution in [-0.4, -0.2) is 31.4 Å². The van der Waals surface area contributed by atoms with E-state index < -0.39 is 0 Å². The Balaban J connectivity index is 1.98. The van der Waals surface area contributed by atoms with E-state index in [1.54, 1.807) is 0 Å². The lowest BCUT2D eigenvalue weighted by atomic mass is 10.1. The number of rotatable bonds is 5. The van der Waals surface area contributed by atoms with Gasteiger partial charge in [-0.2, -0.15) is 12.6 Å². The fourth-order valence-corrected chi connectivity index (χ4v) is 1.91. The lowest BCUT2D eigenvalue weighted by molar-refractivity contribution is 0.471. The fourth-order valence-electron chi connectivity index (χ4n) is 1.76. The van der Waals surface area contributed by atoms with Crippen molar-refractivity contribution >= 4 is 12.6 Å². The molecule has 1 rings (SSSR count). The van der Waals surface area contributed by atoms with Crippen LogP contribution in [0.5, 0.6) is 0 Å². The van der Waals surface area contributed by atoms with Gasteiger partial charge >= 0.3 is 0 Å². The zero-order valence-electron chi connectivity index (χ0n) is 8.39. The lowest BCUT2D eigenvalue weighted by Gasteiger charge is -2.16. The summed E-state index contributed by atoms with van der Waals surface area (Å²) in [6, 6.07) is 0.711. The second-order valence-corrected chi connectivity index (χ2v) is 4.23. The molecule has 1 aliphatic rings. The Morgan fingerprint density at radius 2 is 2.23 bits per heavy atom. The molecule has 0 spiro atoms. The van der Waals surface area contributed by atoms with Crippen LogP contribution in [0.25, 0.3) is 0 Å². The minimum absolute atomic E-state index is 0.711. The summed E-state index contributed by atoms with van der Waals surface area (Å²) in [4.78, 5) is 0. The van der Waals surface area contributed by atoms with Crippen LogP contribution >= 0.6 is 12.6 Å². The molecule has 2 N–H and O–H groups in total. The van der Waals surface area contributed by atoms with E-state index in [9.17, 15) is 0 Å². The van der Waals surface area contributed by atoms with Gasteiger partial charge in [0.1, 0.15) is 0 Å². The second kappa shape index (κ2) is 7.65. The van der Waals surface area contributed by atoms with Gasteiger partial charge in [-0.25, -0.2) is 0 Å². The molecule has 0 saturated carbocycles. The van der Waals surface area contributed by atoms with Crippen LogP contribution in [0.3, 0.4) is 0 Å². The van der Waals surface area contributed by atoms with E-state index in [0.717, 1.165) is 18.8 Å². The Kier molecular flexibility index (Phi) is 6.68. The van der Waals surface area contributed by atoms with Crippen LogP contribution in [0.2, 0.25) is 0 Å². The van der Waals surface area contributed by atoms with Gasteiger partial charge in [-0.15, -0.1) is 0 Å². The van der Waals surface area contributed by atoms with E-state index in [1.165, 1.54) is 38.6 Å². The van der Waals surface area contributed by atoms with Gasteiger partial charge in [0.05, 0.1) is 0 Å². The van der Waals surface area contributed by atoms with Gasteiger partial charge in [0.15, 0.2) is 0 Å². The summed E-state index contributed by atoms with van der Waals surface area (Å²) in [6.45, 7) is 3.45.